The van der Waals surface area contributed by atoms with Crippen molar-refractivity contribution in [3.63, 3.8) is 0 Å². The van der Waals surface area contributed by atoms with Gasteiger partial charge in [-0.15, -0.1) is 0 Å². The number of allylic oxidation sites excluding steroid dienone is 4. The molecule has 0 aromatic heterocycles. The molecule has 2 amide bonds. The minimum atomic E-state index is -0.613. The van der Waals surface area contributed by atoms with E-state index in [0.717, 1.165) is 4.90 Å². The lowest BCUT2D eigenvalue weighted by Gasteiger charge is -2.26. The highest BCUT2D eigenvalue weighted by Crippen LogP contribution is 2.17. The van der Waals surface area contributed by atoms with Gasteiger partial charge in [0.1, 0.15) is 0 Å². The van der Waals surface area contributed by atoms with Crippen molar-refractivity contribution in [1.29, 1.82) is 0 Å². The standard InChI is InChI=1S/C8H9NO3.C2H6/c1-3-4-5-6(2)9-7(10)12-8(9)11;1-2/h3-5H,1-2H3;1-2H3/b4-3-,6-5+;. The zero-order valence-corrected chi connectivity index (χ0v) is 8.90. The summed E-state index contributed by atoms with van der Waals surface area (Å²) in [6.45, 7) is 7.51. The van der Waals surface area contributed by atoms with Crippen LogP contribution in [0.4, 0.5) is 9.59 Å². The van der Waals surface area contributed by atoms with Gasteiger partial charge in [0.25, 0.3) is 0 Å². The Hall–Kier alpha value is -1.58. The molecule has 1 saturated heterocycles. The normalized spacial score (nSPS) is 16.0. The molecule has 0 atom stereocenters. The third-order valence-corrected chi connectivity index (χ3v) is 1.42. The fourth-order valence-corrected chi connectivity index (χ4v) is 0.799. The van der Waals surface area contributed by atoms with E-state index in [0.29, 0.717) is 5.70 Å². The molecule has 0 aromatic rings. The molecule has 1 heterocycles. The third-order valence-electron chi connectivity index (χ3n) is 1.42. The number of hydrogen-bond acceptors (Lipinski definition) is 3. The van der Waals surface area contributed by atoms with Crippen LogP contribution in [-0.4, -0.2) is 17.1 Å². The molecule has 1 aliphatic heterocycles. The van der Waals surface area contributed by atoms with Gasteiger partial charge in [-0.2, -0.15) is 4.90 Å². The molecule has 1 fully saturated rings. The molecule has 0 saturated carbocycles. The highest BCUT2D eigenvalue weighted by atomic mass is 16.7. The van der Waals surface area contributed by atoms with E-state index >= 15 is 0 Å². The second-order valence-corrected chi connectivity index (χ2v) is 2.30. The summed E-state index contributed by atoms with van der Waals surface area (Å²) in [5, 5.41) is 0. The van der Waals surface area contributed by atoms with Crippen molar-refractivity contribution in [2.75, 3.05) is 0 Å². The number of cyclic esters (lactones) is 2. The van der Waals surface area contributed by atoms with Gasteiger partial charge in [0.05, 0.1) is 0 Å². The first kappa shape index (κ1) is 12.4. The van der Waals surface area contributed by atoms with Crippen LogP contribution in [0.25, 0.3) is 0 Å². The molecule has 14 heavy (non-hydrogen) atoms. The van der Waals surface area contributed by atoms with Crippen molar-refractivity contribution >= 4 is 12.2 Å². The summed E-state index contributed by atoms with van der Waals surface area (Å²) in [5.74, 6) is 0. The van der Waals surface area contributed by atoms with E-state index in [-0.39, 0.29) is 0 Å². The molecular formula is C10H15NO3. The quantitative estimate of drug-likeness (QED) is 0.505. The van der Waals surface area contributed by atoms with Crippen LogP contribution in [0.2, 0.25) is 0 Å². The lowest BCUT2D eigenvalue weighted by atomic mass is 10.3. The van der Waals surface area contributed by atoms with Crippen molar-refractivity contribution in [3.05, 3.63) is 23.9 Å². The molecule has 0 N–H and O–H groups in total. The second-order valence-electron chi connectivity index (χ2n) is 2.30. The van der Waals surface area contributed by atoms with Crippen molar-refractivity contribution in [3.8, 4) is 0 Å². The van der Waals surface area contributed by atoms with Crippen LogP contribution in [0.5, 0.6) is 0 Å². The smallest absolute Gasteiger partial charge is 0.358 e. The van der Waals surface area contributed by atoms with Gasteiger partial charge in [0.2, 0.25) is 0 Å². The summed E-state index contributed by atoms with van der Waals surface area (Å²) in [7, 11) is 0. The number of rotatable bonds is 2. The summed E-state index contributed by atoms with van der Waals surface area (Å²) in [6.07, 6.45) is 3.99. The van der Waals surface area contributed by atoms with E-state index < -0.39 is 12.2 Å². The Morgan fingerprint density at radius 2 is 1.79 bits per heavy atom. The van der Waals surface area contributed by atoms with E-state index in [1.165, 1.54) is 0 Å². The predicted octanol–water partition coefficient (Wildman–Crippen LogP) is 3.06. The molecule has 0 spiro atoms. The second kappa shape index (κ2) is 5.96. The Balaban J connectivity index is 0.000000791. The van der Waals surface area contributed by atoms with Crippen molar-refractivity contribution < 1.29 is 14.3 Å². The Morgan fingerprint density at radius 3 is 2.14 bits per heavy atom. The first-order valence-electron chi connectivity index (χ1n) is 4.52. The molecule has 0 aromatic carbocycles. The third kappa shape index (κ3) is 2.73. The van der Waals surface area contributed by atoms with Gasteiger partial charge in [-0.1, -0.05) is 26.0 Å². The monoisotopic (exact) mass is 197 g/mol. The topological polar surface area (TPSA) is 46.6 Å². The summed E-state index contributed by atoms with van der Waals surface area (Å²) in [4.78, 5) is 22.3. The fourth-order valence-electron chi connectivity index (χ4n) is 0.799. The van der Waals surface area contributed by atoms with E-state index in [4.69, 9.17) is 0 Å². The van der Waals surface area contributed by atoms with E-state index in [1.807, 2.05) is 20.8 Å². The van der Waals surface area contributed by atoms with Crippen LogP contribution in [0.3, 0.4) is 0 Å². The van der Waals surface area contributed by atoms with E-state index in [2.05, 4.69) is 4.74 Å². The average molecular weight is 197 g/mol. The first-order valence-corrected chi connectivity index (χ1v) is 4.52. The largest absolute Gasteiger partial charge is 0.432 e. The van der Waals surface area contributed by atoms with Gasteiger partial charge in [-0.3, -0.25) is 0 Å². The van der Waals surface area contributed by atoms with Crippen LogP contribution in [0.1, 0.15) is 27.7 Å². The number of nitrogens with zero attached hydrogens (tertiary/aromatic N) is 1. The highest BCUT2D eigenvalue weighted by molar-refractivity contribution is 6.04. The number of amides is 2. The van der Waals surface area contributed by atoms with E-state index in [9.17, 15) is 9.59 Å². The summed E-state index contributed by atoms with van der Waals surface area (Å²) in [6, 6.07) is 0. The minimum Gasteiger partial charge on any atom is -0.358 e. The minimum absolute atomic E-state index is 0.564. The lowest BCUT2D eigenvalue weighted by molar-refractivity contribution is 0.0711. The van der Waals surface area contributed by atoms with Gasteiger partial charge in [-0.25, -0.2) is 9.59 Å². The molecule has 0 bridgehead atoms. The van der Waals surface area contributed by atoms with Gasteiger partial charge in [0, 0.05) is 5.70 Å². The zero-order chi connectivity index (χ0) is 11.1. The Morgan fingerprint density at radius 1 is 1.29 bits per heavy atom. The van der Waals surface area contributed by atoms with Gasteiger partial charge < -0.3 is 4.74 Å². The molecule has 4 nitrogen and oxygen atoms in total. The molecule has 1 aliphatic rings. The van der Waals surface area contributed by atoms with Crippen LogP contribution in [0.15, 0.2) is 23.9 Å². The molecule has 78 valence electrons. The summed E-state index contributed by atoms with van der Waals surface area (Å²) < 4.78 is 4.14. The molecule has 0 unspecified atom stereocenters. The SMILES string of the molecule is C/C=C\C=C(/C)N1C(=O)OC1=O.CC. The maximum Gasteiger partial charge on any atom is 0.432 e. The van der Waals surface area contributed by atoms with Crippen LogP contribution >= 0.6 is 0 Å². The maximum absolute atomic E-state index is 10.7. The van der Waals surface area contributed by atoms with Crippen molar-refractivity contribution in [1.82, 2.24) is 4.90 Å². The van der Waals surface area contributed by atoms with Crippen LogP contribution in [-0.2, 0) is 4.74 Å². The summed E-state index contributed by atoms with van der Waals surface area (Å²) in [5.41, 5.74) is 0.564. The fraction of sp³-hybridized carbons (Fsp3) is 0.400. The van der Waals surface area contributed by atoms with Gasteiger partial charge >= 0.3 is 12.2 Å². The van der Waals surface area contributed by atoms with Crippen molar-refractivity contribution in [2.24, 2.45) is 0 Å². The Labute approximate surface area is 83.8 Å². The molecule has 0 aliphatic carbocycles. The van der Waals surface area contributed by atoms with E-state index in [1.54, 1.807) is 25.2 Å². The number of hydrogen-bond donors (Lipinski definition) is 0. The number of carbonyl (C=O) groups excluding carboxylic acids is 2. The lowest BCUT2D eigenvalue weighted by Crippen LogP contribution is -2.48. The molecule has 4 heteroatoms. The first-order chi connectivity index (χ1) is 6.66. The van der Waals surface area contributed by atoms with Crippen LogP contribution < -0.4 is 0 Å². The number of ether oxygens (including phenoxy) is 1. The van der Waals surface area contributed by atoms with Crippen LogP contribution in [0, 0.1) is 0 Å². The predicted molar refractivity (Wildman–Crippen MR) is 53.6 cm³/mol. The zero-order valence-electron chi connectivity index (χ0n) is 8.90. The van der Waals surface area contributed by atoms with Gasteiger partial charge in [-0.05, 0) is 19.9 Å². The molecule has 1 rings (SSSR count). The summed E-state index contributed by atoms with van der Waals surface area (Å²) >= 11 is 0. The number of carbonyl (C=O) groups is 2. The Kier molecular flexibility index (Phi) is 5.29. The maximum atomic E-state index is 10.7. The highest BCUT2D eigenvalue weighted by Gasteiger charge is 2.38. The van der Waals surface area contributed by atoms with Crippen molar-refractivity contribution in [2.45, 2.75) is 27.7 Å². The molecule has 0 radical (unpaired) electrons. The molecular weight excluding hydrogens is 182 g/mol. The van der Waals surface area contributed by atoms with Gasteiger partial charge in [0.15, 0.2) is 0 Å². The Bertz CT molecular complexity index is 265. The number of imide groups is 1. The average Bonchev–Trinajstić information content (AvgIpc) is 2.17.